The molecule has 6 nitrogen and oxygen atoms in total. The predicted octanol–water partition coefficient (Wildman–Crippen LogP) is 5.36. The first kappa shape index (κ1) is 19.6. The summed E-state index contributed by atoms with van der Waals surface area (Å²) in [4.78, 5) is 17.1. The van der Waals surface area contributed by atoms with Gasteiger partial charge in [0, 0.05) is 22.5 Å². The monoisotopic (exact) mass is 443 g/mol. The first-order chi connectivity index (χ1) is 13.9. The van der Waals surface area contributed by atoms with Crippen LogP contribution in [0.1, 0.15) is 16.8 Å². The van der Waals surface area contributed by atoms with Crippen LogP contribution in [0.5, 0.6) is 0 Å². The molecule has 4 rings (SSSR count). The van der Waals surface area contributed by atoms with Crippen LogP contribution in [0.2, 0.25) is 10.0 Å². The van der Waals surface area contributed by atoms with E-state index in [4.69, 9.17) is 23.2 Å². The Morgan fingerprint density at radius 2 is 1.86 bits per heavy atom. The van der Waals surface area contributed by atoms with Crippen LogP contribution in [0.25, 0.3) is 16.3 Å². The summed E-state index contributed by atoms with van der Waals surface area (Å²) in [6, 6.07) is 12.9. The molecule has 0 aliphatic carbocycles. The van der Waals surface area contributed by atoms with Gasteiger partial charge in [0.05, 0.1) is 16.3 Å². The number of hydrogen-bond acceptors (Lipinski definition) is 5. The minimum Gasteiger partial charge on any atom is -0.295 e. The van der Waals surface area contributed by atoms with Gasteiger partial charge in [-0.1, -0.05) is 52.2 Å². The molecular formula is C20H15Cl2N5OS. The number of nitrogens with one attached hydrogen (secondary N) is 1. The molecule has 0 saturated carbocycles. The Hall–Kier alpha value is -2.74. The molecule has 2 aromatic heterocycles. The van der Waals surface area contributed by atoms with Crippen molar-refractivity contribution < 1.29 is 0 Å². The quantitative estimate of drug-likeness (QED) is 0.431. The van der Waals surface area contributed by atoms with Crippen molar-refractivity contribution in [2.75, 3.05) is 0 Å². The molecule has 0 atom stereocenters. The van der Waals surface area contributed by atoms with E-state index in [0.29, 0.717) is 31.4 Å². The lowest BCUT2D eigenvalue weighted by atomic mass is 10.2. The summed E-state index contributed by atoms with van der Waals surface area (Å²) in [5.41, 5.74) is 3.62. The maximum Gasteiger partial charge on any atom is 0.280 e. The van der Waals surface area contributed by atoms with Crippen LogP contribution < -0.4 is 5.56 Å². The second kappa shape index (κ2) is 7.94. The van der Waals surface area contributed by atoms with E-state index in [9.17, 15) is 4.79 Å². The Morgan fingerprint density at radius 1 is 1.10 bits per heavy atom. The van der Waals surface area contributed by atoms with Gasteiger partial charge in [-0.15, -0.1) is 10.2 Å². The zero-order valence-electron chi connectivity index (χ0n) is 15.5. The summed E-state index contributed by atoms with van der Waals surface area (Å²) in [5, 5.41) is 13.4. The van der Waals surface area contributed by atoms with E-state index in [1.54, 1.807) is 18.2 Å². The van der Waals surface area contributed by atoms with Crippen LogP contribution in [0.3, 0.4) is 0 Å². The molecule has 2 aromatic carbocycles. The minimum absolute atomic E-state index is 0.180. The fraction of sp³-hybridized carbons (Fsp3) is 0.100. The lowest BCUT2D eigenvalue weighted by molar-refractivity contribution is 0.835. The lowest BCUT2D eigenvalue weighted by Crippen LogP contribution is -2.17. The van der Waals surface area contributed by atoms with Crippen molar-refractivity contribution in [1.29, 1.82) is 0 Å². The van der Waals surface area contributed by atoms with E-state index in [1.807, 2.05) is 38.1 Å². The standard InChI is InChI=1S/C20H15Cl2N5OS/c1-11-3-6-14(7-4-11)27-19(28)16(12(2)26-27)10-23-20-25-24-18(29-20)15-8-5-13(21)9-17(15)22/h3-10,26H,1-2H3/b23-10+. The van der Waals surface area contributed by atoms with Gasteiger partial charge in [-0.3, -0.25) is 9.89 Å². The Balaban J connectivity index is 1.63. The molecule has 0 amide bonds. The van der Waals surface area contributed by atoms with Crippen LogP contribution in [-0.2, 0) is 0 Å². The molecular weight excluding hydrogens is 429 g/mol. The molecule has 4 aromatic rings. The Kier molecular flexibility index (Phi) is 5.36. The molecule has 0 saturated heterocycles. The molecule has 0 fully saturated rings. The summed E-state index contributed by atoms with van der Waals surface area (Å²) >= 11 is 13.4. The average molecular weight is 444 g/mol. The third kappa shape index (κ3) is 4.03. The first-order valence-electron chi connectivity index (χ1n) is 8.64. The SMILES string of the molecule is Cc1ccc(-n2[nH]c(C)c(/C=N/c3nnc(-c4ccc(Cl)cc4Cl)s3)c2=O)cc1. The Bertz CT molecular complexity index is 1270. The van der Waals surface area contributed by atoms with Gasteiger partial charge >= 0.3 is 0 Å². The number of aryl methyl sites for hydroxylation is 2. The van der Waals surface area contributed by atoms with Crippen molar-refractivity contribution >= 4 is 45.9 Å². The van der Waals surface area contributed by atoms with Gasteiger partial charge in [-0.25, -0.2) is 9.67 Å². The predicted molar refractivity (Wildman–Crippen MR) is 118 cm³/mol. The summed E-state index contributed by atoms with van der Waals surface area (Å²) in [5.74, 6) is 0. The lowest BCUT2D eigenvalue weighted by Gasteiger charge is -2.01. The molecule has 0 aliphatic heterocycles. The largest absolute Gasteiger partial charge is 0.295 e. The van der Waals surface area contributed by atoms with E-state index >= 15 is 0 Å². The number of nitrogens with zero attached hydrogens (tertiary/aromatic N) is 4. The van der Waals surface area contributed by atoms with Crippen molar-refractivity contribution in [3.8, 4) is 16.3 Å². The summed E-state index contributed by atoms with van der Waals surface area (Å²) in [6.45, 7) is 3.82. The number of aromatic nitrogens is 4. The number of rotatable bonds is 4. The second-order valence-electron chi connectivity index (χ2n) is 6.40. The van der Waals surface area contributed by atoms with Gasteiger partial charge in [-0.2, -0.15) is 0 Å². The summed E-state index contributed by atoms with van der Waals surface area (Å²) in [7, 11) is 0. The maximum atomic E-state index is 12.8. The van der Waals surface area contributed by atoms with E-state index in [0.717, 1.165) is 16.8 Å². The van der Waals surface area contributed by atoms with E-state index < -0.39 is 0 Å². The summed E-state index contributed by atoms with van der Waals surface area (Å²) in [6.07, 6.45) is 1.51. The van der Waals surface area contributed by atoms with Crippen molar-refractivity contribution in [2.45, 2.75) is 13.8 Å². The van der Waals surface area contributed by atoms with E-state index in [-0.39, 0.29) is 5.56 Å². The second-order valence-corrected chi connectivity index (χ2v) is 8.20. The number of benzene rings is 2. The molecule has 0 spiro atoms. The van der Waals surface area contributed by atoms with Crippen LogP contribution in [0.4, 0.5) is 5.13 Å². The highest BCUT2D eigenvalue weighted by Crippen LogP contribution is 2.34. The number of aliphatic imine (C=N–C) groups is 1. The third-order valence-corrected chi connectivity index (χ3v) is 5.70. The Morgan fingerprint density at radius 3 is 2.59 bits per heavy atom. The number of aromatic amines is 1. The van der Waals surface area contributed by atoms with Gasteiger partial charge in [0.15, 0.2) is 5.01 Å². The normalized spacial score (nSPS) is 11.4. The van der Waals surface area contributed by atoms with Gasteiger partial charge in [0.2, 0.25) is 5.13 Å². The van der Waals surface area contributed by atoms with E-state index in [1.165, 1.54) is 22.2 Å². The molecule has 146 valence electrons. The molecule has 0 aliphatic rings. The topological polar surface area (TPSA) is 75.9 Å². The van der Waals surface area contributed by atoms with Gasteiger partial charge in [0.25, 0.3) is 5.56 Å². The number of H-pyrrole nitrogens is 1. The van der Waals surface area contributed by atoms with Gasteiger partial charge in [0.1, 0.15) is 0 Å². The molecule has 1 N–H and O–H groups in total. The number of halogens is 2. The highest BCUT2D eigenvalue weighted by atomic mass is 35.5. The molecule has 29 heavy (non-hydrogen) atoms. The molecule has 0 bridgehead atoms. The fourth-order valence-electron chi connectivity index (χ4n) is 2.75. The molecule has 0 unspecified atom stereocenters. The van der Waals surface area contributed by atoms with Crippen molar-refractivity contribution in [3.63, 3.8) is 0 Å². The number of hydrogen-bond donors (Lipinski definition) is 1. The average Bonchev–Trinajstić information content (AvgIpc) is 3.26. The zero-order valence-corrected chi connectivity index (χ0v) is 17.8. The molecule has 2 heterocycles. The Labute approximate surface area is 180 Å². The van der Waals surface area contributed by atoms with Crippen LogP contribution in [-0.4, -0.2) is 26.2 Å². The van der Waals surface area contributed by atoms with Crippen molar-refractivity contribution in [2.24, 2.45) is 4.99 Å². The molecule has 0 radical (unpaired) electrons. The van der Waals surface area contributed by atoms with Crippen LogP contribution in [0, 0.1) is 13.8 Å². The minimum atomic E-state index is -0.180. The van der Waals surface area contributed by atoms with Crippen LogP contribution >= 0.6 is 34.5 Å². The van der Waals surface area contributed by atoms with Gasteiger partial charge < -0.3 is 0 Å². The van der Waals surface area contributed by atoms with E-state index in [2.05, 4.69) is 20.3 Å². The first-order valence-corrected chi connectivity index (χ1v) is 10.2. The highest BCUT2D eigenvalue weighted by Gasteiger charge is 2.13. The zero-order chi connectivity index (χ0) is 20.5. The maximum absolute atomic E-state index is 12.8. The molecule has 9 heteroatoms. The van der Waals surface area contributed by atoms with Crippen molar-refractivity contribution in [1.82, 2.24) is 20.0 Å². The van der Waals surface area contributed by atoms with Crippen molar-refractivity contribution in [3.05, 3.63) is 79.7 Å². The highest BCUT2D eigenvalue weighted by molar-refractivity contribution is 7.18. The fourth-order valence-corrected chi connectivity index (χ4v) is 4.03. The smallest absolute Gasteiger partial charge is 0.280 e. The van der Waals surface area contributed by atoms with Crippen LogP contribution in [0.15, 0.2) is 52.3 Å². The van der Waals surface area contributed by atoms with Gasteiger partial charge in [-0.05, 0) is 44.2 Å². The third-order valence-electron chi connectivity index (χ3n) is 4.29. The summed E-state index contributed by atoms with van der Waals surface area (Å²) < 4.78 is 1.50.